The molecule has 80 valence electrons. The smallest absolute Gasteiger partial charge is 0.146 e. The largest absolute Gasteiger partial charge is 0.332 e. The van der Waals surface area contributed by atoms with E-state index in [0.717, 1.165) is 25.6 Å². The van der Waals surface area contributed by atoms with Gasteiger partial charge in [0.1, 0.15) is 5.78 Å². The summed E-state index contributed by atoms with van der Waals surface area (Å²) in [7, 11) is 0. The van der Waals surface area contributed by atoms with Gasteiger partial charge >= 0.3 is 0 Å². The third-order valence-electron chi connectivity index (χ3n) is 3.99. The number of Topliss-reactive ketones (excluding diaryl/α,β-unsaturated/α-hetero) is 1. The molecule has 2 rings (SSSR count). The Labute approximate surface area is 86.7 Å². The summed E-state index contributed by atoms with van der Waals surface area (Å²) in [5, 5.41) is 0. The van der Waals surface area contributed by atoms with Crippen molar-refractivity contribution in [1.82, 2.24) is 0 Å². The highest BCUT2D eigenvalue weighted by Crippen LogP contribution is 2.16. The van der Waals surface area contributed by atoms with Gasteiger partial charge in [0, 0.05) is 0 Å². The fraction of sp³-hybridized carbons (Fsp3) is 0.917. The molecule has 1 heterocycles. The van der Waals surface area contributed by atoms with E-state index in [1.165, 1.54) is 32.1 Å². The first-order chi connectivity index (χ1) is 6.77. The van der Waals surface area contributed by atoms with Gasteiger partial charge in [-0.1, -0.05) is 13.3 Å². The number of likely N-dealkylation sites (tertiary alicyclic amines) is 1. The van der Waals surface area contributed by atoms with Crippen LogP contribution in [0.3, 0.4) is 0 Å². The summed E-state index contributed by atoms with van der Waals surface area (Å²) in [6.45, 7) is 4.31. The number of nitrogens with one attached hydrogen (secondary N) is 1. The van der Waals surface area contributed by atoms with Gasteiger partial charge in [-0.05, 0) is 25.7 Å². The van der Waals surface area contributed by atoms with E-state index in [0.29, 0.717) is 11.7 Å². The molecule has 1 saturated heterocycles. The molecule has 1 unspecified atom stereocenters. The Morgan fingerprint density at radius 1 is 1.21 bits per heavy atom. The second kappa shape index (κ2) is 4.43. The number of rotatable bonds is 1. The Bertz CT molecular complexity index is 208. The molecular formula is C12H22NO+. The summed E-state index contributed by atoms with van der Waals surface area (Å²) in [4.78, 5) is 13.1. The summed E-state index contributed by atoms with van der Waals surface area (Å²) in [6.07, 6.45) is 7.88. The van der Waals surface area contributed by atoms with Crippen molar-refractivity contribution in [1.29, 1.82) is 0 Å². The van der Waals surface area contributed by atoms with Gasteiger partial charge in [0.05, 0.1) is 31.5 Å². The lowest BCUT2D eigenvalue weighted by Crippen LogP contribution is -3.17. The van der Waals surface area contributed by atoms with Crippen LogP contribution in [-0.4, -0.2) is 24.9 Å². The van der Waals surface area contributed by atoms with Gasteiger partial charge in [-0.15, -0.1) is 0 Å². The van der Waals surface area contributed by atoms with Crippen LogP contribution in [0.2, 0.25) is 0 Å². The molecular weight excluding hydrogens is 174 g/mol. The van der Waals surface area contributed by atoms with Crippen LogP contribution >= 0.6 is 0 Å². The number of hydrogen-bond donors (Lipinski definition) is 1. The van der Waals surface area contributed by atoms with Gasteiger partial charge in [-0.3, -0.25) is 4.79 Å². The molecule has 0 aromatic heterocycles. The van der Waals surface area contributed by atoms with E-state index in [-0.39, 0.29) is 0 Å². The van der Waals surface area contributed by atoms with Gasteiger partial charge in [-0.25, -0.2) is 0 Å². The van der Waals surface area contributed by atoms with Crippen LogP contribution in [0.25, 0.3) is 0 Å². The maximum atomic E-state index is 11.4. The molecule has 2 atom stereocenters. The lowest BCUT2D eigenvalue weighted by molar-refractivity contribution is -0.931. The van der Waals surface area contributed by atoms with Gasteiger partial charge in [0.25, 0.3) is 0 Å². The second-order valence-corrected chi connectivity index (χ2v) is 5.06. The minimum atomic E-state index is 0.320. The number of carbonyl (C=O) groups is 1. The van der Waals surface area contributed by atoms with Crippen LogP contribution in [0.15, 0.2) is 0 Å². The standard InChI is InChI=1S/C12H21NO/c1-10-9-13(8-7-12(10)14)11-5-3-2-4-6-11/h10-11H,2-9H2,1H3/p+1/t10-/m1/s1. The Kier molecular flexibility index (Phi) is 3.22. The molecule has 0 bridgehead atoms. The van der Waals surface area contributed by atoms with E-state index in [2.05, 4.69) is 6.92 Å². The highest BCUT2D eigenvalue weighted by atomic mass is 16.1. The van der Waals surface area contributed by atoms with Crippen molar-refractivity contribution >= 4 is 5.78 Å². The van der Waals surface area contributed by atoms with E-state index < -0.39 is 0 Å². The Hall–Kier alpha value is -0.370. The topological polar surface area (TPSA) is 21.5 Å². The van der Waals surface area contributed by atoms with Gasteiger partial charge in [0.2, 0.25) is 0 Å². The van der Waals surface area contributed by atoms with Crippen molar-refractivity contribution in [2.24, 2.45) is 5.92 Å². The van der Waals surface area contributed by atoms with E-state index in [9.17, 15) is 4.79 Å². The molecule has 2 nitrogen and oxygen atoms in total. The molecule has 1 saturated carbocycles. The maximum absolute atomic E-state index is 11.4. The van der Waals surface area contributed by atoms with Gasteiger partial charge in [0.15, 0.2) is 0 Å². The molecule has 0 aromatic rings. The van der Waals surface area contributed by atoms with Crippen LogP contribution in [0.4, 0.5) is 0 Å². The third-order valence-corrected chi connectivity index (χ3v) is 3.99. The molecule has 0 aromatic carbocycles. The normalized spacial score (nSPS) is 35.9. The quantitative estimate of drug-likeness (QED) is 0.658. The monoisotopic (exact) mass is 196 g/mol. The molecule has 2 heteroatoms. The summed E-state index contributed by atoms with van der Waals surface area (Å²) < 4.78 is 0. The summed E-state index contributed by atoms with van der Waals surface area (Å²) in [5.74, 6) is 0.810. The molecule has 0 radical (unpaired) electrons. The molecule has 0 amide bonds. The minimum absolute atomic E-state index is 0.320. The van der Waals surface area contributed by atoms with E-state index in [4.69, 9.17) is 0 Å². The lowest BCUT2D eigenvalue weighted by atomic mass is 9.90. The maximum Gasteiger partial charge on any atom is 0.146 e. The number of carbonyl (C=O) groups excluding carboxylic acids is 1. The van der Waals surface area contributed by atoms with Crippen molar-refractivity contribution in [2.75, 3.05) is 13.1 Å². The molecule has 0 spiro atoms. The van der Waals surface area contributed by atoms with Gasteiger partial charge < -0.3 is 4.90 Å². The zero-order valence-electron chi connectivity index (χ0n) is 9.22. The second-order valence-electron chi connectivity index (χ2n) is 5.06. The highest BCUT2D eigenvalue weighted by molar-refractivity contribution is 5.81. The van der Waals surface area contributed by atoms with Crippen LogP contribution in [0.1, 0.15) is 45.4 Å². The Morgan fingerprint density at radius 2 is 1.93 bits per heavy atom. The SMILES string of the molecule is C[C@@H]1C[NH+](C2CCCCC2)CCC1=O. The van der Waals surface area contributed by atoms with Crippen molar-refractivity contribution in [3.05, 3.63) is 0 Å². The number of hydrogen-bond acceptors (Lipinski definition) is 1. The first-order valence-electron chi connectivity index (χ1n) is 6.14. The summed E-state index contributed by atoms with van der Waals surface area (Å²) in [5.41, 5.74) is 0. The first-order valence-corrected chi connectivity index (χ1v) is 6.14. The third kappa shape index (κ3) is 2.17. The molecule has 1 aliphatic carbocycles. The average Bonchev–Trinajstić information content (AvgIpc) is 2.23. The fourth-order valence-corrected chi connectivity index (χ4v) is 3.02. The van der Waals surface area contributed by atoms with Crippen LogP contribution < -0.4 is 4.90 Å². The fourth-order valence-electron chi connectivity index (χ4n) is 3.02. The van der Waals surface area contributed by atoms with Gasteiger partial charge in [-0.2, -0.15) is 0 Å². The molecule has 1 aliphatic heterocycles. The lowest BCUT2D eigenvalue weighted by Gasteiger charge is -2.35. The van der Waals surface area contributed by atoms with E-state index in [1.54, 1.807) is 4.90 Å². The minimum Gasteiger partial charge on any atom is -0.332 e. The average molecular weight is 196 g/mol. The first kappa shape index (κ1) is 10.2. The Balaban J connectivity index is 1.88. The van der Waals surface area contributed by atoms with Crippen molar-refractivity contribution < 1.29 is 9.69 Å². The number of ketones is 1. The van der Waals surface area contributed by atoms with Crippen molar-refractivity contribution in [2.45, 2.75) is 51.5 Å². The molecule has 2 fully saturated rings. The Morgan fingerprint density at radius 3 is 2.57 bits per heavy atom. The number of piperidine rings is 1. The van der Waals surface area contributed by atoms with Crippen molar-refractivity contribution in [3.63, 3.8) is 0 Å². The van der Waals surface area contributed by atoms with Crippen molar-refractivity contribution in [3.8, 4) is 0 Å². The number of quaternary nitrogens is 1. The predicted molar refractivity (Wildman–Crippen MR) is 56.4 cm³/mol. The molecule has 1 N–H and O–H groups in total. The van der Waals surface area contributed by atoms with Crippen LogP contribution in [0.5, 0.6) is 0 Å². The zero-order valence-corrected chi connectivity index (χ0v) is 9.22. The van der Waals surface area contributed by atoms with Crippen LogP contribution in [0, 0.1) is 5.92 Å². The highest BCUT2D eigenvalue weighted by Gasteiger charge is 2.32. The van der Waals surface area contributed by atoms with E-state index in [1.807, 2.05) is 0 Å². The summed E-state index contributed by atoms with van der Waals surface area (Å²) in [6, 6.07) is 0.874. The predicted octanol–water partition coefficient (Wildman–Crippen LogP) is 0.813. The summed E-state index contributed by atoms with van der Waals surface area (Å²) >= 11 is 0. The molecule has 14 heavy (non-hydrogen) atoms. The zero-order chi connectivity index (χ0) is 9.97. The van der Waals surface area contributed by atoms with E-state index >= 15 is 0 Å². The van der Waals surface area contributed by atoms with Crippen LogP contribution in [-0.2, 0) is 4.79 Å². The molecule has 2 aliphatic rings.